The first-order chi connectivity index (χ1) is 29.8. The minimum atomic E-state index is -0.582. The maximum Gasteiger partial charge on any atom is 0.164 e. The summed E-state index contributed by atoms with van der Waals surface area (Å²) in [6.45, 7) is 0. The van der Waals surface area contributed by atoms with Gasteiger partial charge >= 0.3 is 0 Å². The van der Waals surface area contributed by atoms with E-state index in [0.29, 0.717) is 17.5 Å². The highest BCUT2D eigenvalue weighted by molar-refractivity contribution is 7.99. The minimum Gasteiger partial charge on any atom is -0.256 e. The third-order valence-electron chi connectivity index (χ3n) is 12.1. The Morgan fingerprint density at radius 3 is 1.43 bits per heavy atom. The number of benzene rings is 8. The molecule has 10 aromatic rings. The quantitative estimate of drug-likeness (QED) is 0.174. The highest BCUT2D eigenvalue weighted by Gasteiger charge is 2.51. The van der Waals surface area contributed by atoms with Crippen LogP contribution in [0.3, 0.4) is 0 Å². The van der Waals surface area contributed by atoms with Gasteiger partial charge in [-0.25, -0.2) is 15.0 Å². The second kappa shape index (κ2) is 13.8. The highest BCUT2D eigenvalue weighted by Crippen LogP contribution is 2.64. The van der Waals surface area contributed by atoms with Crippen molar-refractivity contribution in [3.05, 3.63) is 229 Å². The molecule has 0 unspecified atom stereocenters. The Hall–Kier alpha value is -7.47. The fourth-order valence-electron chi connectivity index (χ4n) is 9.51. The zero-order valence-electron chi connectivity index (χ0n) is 32.3. The Labute approximate surface area is 352 Å². The standard InChI is InChI=1S/C55H34N4S/c1-3-15-38(16-4-1)52-57-53(39-17-5-2-6-18-39)59-54(58-52)42-23-13-27-46-50(42)49-40(35-30-32-36(33-31-35)41-22-11-19-37-20-14-34-56-51(37)41)21-12-26-45(49)55(46)43-24-7-9-28-47(43)60-48-29-10-8-25-44(48)55/h1-34H. The molecule has 0 fully saturated rings. The molecule has 0 radical (unpaired) electrons. The molecule has 1 aliphatic heterocycles. The Bertz CT molecular complexity index is 3180. The number of hydrogen-bond donors (Lipinski definition) is 0. The van der Waals surface area contributed by atoms with Crippen LogP contribution in [-0.4, -0.2) is 19.9 Å². The second-order valence-corrected chi connectivity index (χ2v) is 16.4. The summed E-state index contributed by atoms with van der Waals surface area (Å²) in [5, 5.41) is 1.13. The molecule has 2 aliphatic rings. The lowest BCUT2D eigenvalue weighted by molar-refractivity contribution is 0.722. The van der Waals surface area contributed by atoms with Gasteiger partial charge in [0.15, 0.2) is 17.5 Å². The van der Waals surface area contributed by atoms with Gasteiger partial charge in [-0.1, -0.05) is 194 Å². The average molecular weight is 783 g/mol. The van der Waals surface area contributed by atoms with Crippen LogP contribution in [0.1, 0.15) is 22.3 Å². The van der Waals surface area contributed by atoms with Gasteiger partial charge in [-0.3, -0.25) is 4.98 Å². The van der Waals surface area contributed by atoms with E-state index in [1.54, 1.807) is 0 Å². The van der Waals surface area contributed by atoms with Crippen LogP contribution in [0.25, 0.3) is 78.4 Å². The van der Waals surface area contributed by atoms with Gasteiger partial charge in [0, 0.05) is 43.6 Å². The monoisotopic (exact) mass is 782 g/mol. The van der Waals surface area contributed by atoms with E-state index in [-0.39, 0.29) is 0 Å². The molecule has 0 saturated heterocycles. The van der Waals surface area contributed by atoms with E-state index in [4.69, 9.17) is 19.9 Å². The summed E-state index contributed by atoms with van der Waals surface area (Å²) >= 11 is 1.86. The third-order valence-corrected chi connectivity index (χ3v) is 13.2. The van der Waals surface area contributed by atoms with E-state index in [0.717, 1.165) is 55.4 Å². The summed E-state index contributed by atoms with van der Waals surface area (Å²) in [5.41, 5.74) is 15.2. The first kappa shape index (κ1) is 34.6. The molecular formula is C55H34N4S. The van der Waals surface area contributed by atoms with Crippen LogP contribution >= 0.6 is 11.8 Å². The highest BCUT2D eigenvalue weighted by atomic mass is 32.2. The fourth-order valence-corrected chi connectivity index (χ4v) is 10.7. The molecule has 3 heterocycles. The molecule has 1 aliphatic carbocycles. The van der Waals surface area contributed by atoms with Crippen LogP contribution in [0, 0.1) is 0 Å². The van der Waals surface area contributed by atoms with Crippen molar-refractivity contribution >= 4 is 22.7 Å². The van der Waals surface area contributed by atoms with Gasteiger partial charge in [0.25, 0.3) is 0 Å². The van der Waals surface area contributed by atoms with Crippen LogP contribution < -0.4 is 0 Å². The molecule has 0 N–H and O–H groups in total. The van der Waals surface area contributed by atoms with Crippen molar-refractivity contribution in [1.29, 1.82) is 0 Å². The predicted molar refractivity (Wildman–Crippen MR) is 244 cm³/mol. The lowest BCUT2D eigenvalue weighted by atomic mass is 9.67. The van der Waals surface area contributed by atoms with Crippen molar-refractivity contribution in [2.24, 2.45) is 0 Å². The summed E-state index contributed by atoms with van der Waals surface area (Å²) in [7, 11) is 0. The first-order valence-corrected chi connectivity index (χ1v) is 21.0. The van der Waals surface area contributed by atoms with Gasteiger partial charge in [0.05, 0.1) is 10.9 Å². The van der Waals surface area contributed by atoms with Crippen molar-refractivity contribution < 1.29 is 0 Å². The molecule has 0 saturated carbocycles. The van der Waals surface area contributed by atoms with Crippen molar-refractivity contribution in [2.45, 2.75) is 15.2 Å². The van der Waals surface area contributed by atoms with Crippen molar-refractivity contribution in [1.82, 2.24) is 19.9 Å². The average Bonchev–Trinajstić information content (AvgIpc) is 3.63. The Morgan fingerprint density at radius 2 is 0.800 bits per heavy atom. The SMILES string of the molecule is c1ccc(-c2nc(-c3ccccc3)nc(-c3cccc4c3-c3c(-c5ccc(-c6cccc7cccnc67)cc5)cccc3C43c4ccccc4Sc4ccccc43)n2)cc1. The molecular weight excluding hydrogens is 749 g/mol. The molecule has 2 aromatic heterocycles. The molecule has 4 nitrogen and oxygen atoms in total. The van der Waals surface area contributed by atoms with Gasteiger partial charge in [-0.05, 0) is 68.3 Å². The summed E-state index contributed by atoms with van der Waals surface area (Å²) in [6.07, 6.45) is 1.87. The molecule has 60 heavy (non-hydrogen) atoms. The normalized spacial score (nSPS) is 13.1. The van der Waals surface area contributed by atoms with Crippen molar-refractivity contribution in [2.75, 3.05) is 0 Å². The zero-order chi connectivity index (χ0) is 39.6. The van der Waals surface area contributed by atoms with Gasteiger partial charge in [0.1, 0.15) is 0 Å². The van der Waals surface area contributed by atoms with E-state index in [2.05, 4.69) is 158 Å². The van der Waals surface area contributed by atoms with Gasteiger partial charge in [-0.15, -0.1) is 0 Å². The van der Waals surface area contributed by atoms with Crippen LogP contribution in [0.2, 0.25) is 0 Å². The Balaban J connectivity index is 1.15. The maximum absolute atomic E-state index is 5.31. The van der Waals surface area contributed by atoms with Crippen LogP contribution in [0.5, 0.6) is 0 Å². The predicted octanol–water partition coefficient (Wildman–Crippen LogP) is 13.6. The maximum atomic E-state index is 5.31. The van der Waals surface area contributed by atoms with E-state index in [9.17, 15) is 0 Å². The third kappa shape index (κ3) is 5.26. The molecule has 0 atom stereocenters. The molecule has 12 rings (SSSR count). The molecule has 1 spiro atoms. The number of nitrogens with zero attached hydrogens (tertiary/aromatic N) is 4. The molecule has 8 aromatic carbocycles. The van der Waals surface area contributed by atoms with E-state index >= 15 is 0 Å². The Kier molecular flexibility index (Phi) is 7.97. The summed E-state index contributed by atoms with van der Waals surface area (Å²) in [5.74, 6) is 1.92. The van der Waals surface area contributed by atoms with E-state index in [1.165, 1.54) is 37.6 Å². The number of fused-ring (bicyclic) bond motifs is 10. The molecule has 0 bridgehead atoms. The molecule has 0 amide bonds. The number of pyridine rings is 1. The van der Waals surface area contributed by atoms with Gasteiger partial charge in [0.2, 0.25) is 0 Å². The van der Waals surface area contributed by atoms with E-state index < -0.39 is 5.41 Å². The fraction of sp³-hybridized carbons (Fsp3) is 0.0182. The minimum absolute atomic E-state index is 0.582. The molecule has 280 valence electrons. The summed E-state index contributed by atoms with van der Waals surface area (Å²) in [4.78, 5) is 23.0. The molecule has 5 heteroatoms. The summed E-state index contributed by atoms with van der Waals surface area (Å²) in [6, 6.07) is 71.4. The largest absolute Gasteiger partial charge is 0.256 e. The van der Waals surface area contributed by atoms with Gasteiger partial charge < -0.3 is 0 Å². The van der Waals surface area contributed by atoms with Crippen molar-refractivity contribution in [3.8, 4) is 67.5 Å². The topological polar surface area (TPSA) is 51.6 Å². The van der Waals surface area contributed by atoms with Crippen LogP contribution in [-0.2, 0) is 5.41 Å². The van der Waals surface area contributed by atoms with Crippen LogP contribution in [0.4, 0.5) is 0 Å². The number of rotatable bonds is 5. The lowest BCUT2D eigenvalue weighted by Crippen LogP contribution is -2.31. The second-order valence-electron chi connectivity index (χ2n) is 15.3. The summed E-state index contributed by atoms with van der Waals surface area (Å²) < 4.78 is 0. The Morgan fingerprint density at radius 1 is 0.333 bits per heavy atom. The smallest absolute Gasteiger partial charge is 0.164 e. The number of hydrogen-bond acceptors (Lipinski definition) is 5. The van der Waals surface area contributed by atoms with Crippen molar-refractivity contribution in [3.63, 3.8) is 0 Å². The van der Waals surface area contributed by atoms with E-state index in [1.807, 2.05) is 60.4 Å². The lowest BCUT2D eigenvalue weighted by Gasteiger charge is -2.39. The van der Waals surface area contributed by atoms with Gasteiger partial charge in [-0.2, -0.15) is 0 Å². The van der Waals surface area contributed by atoms with Crippen LogP contribution in [0.15, 0.2) is 216 Å². The number of aromatic nitrogens is 4. The first-order valence-electron chi connectivity index (χ1n) is 20.2. The zero-order valence-corrected chi connectivity index (χ0v) is 33.1. The number of para-hydroxylation sites is 1.